The van der Waals surface area contributed by atoms with E-state index in [0.717, 1.165) is 33.6 Å². The molecular weight excluding hydrogens is 602 g/mol. The zero-order valence-corrected chi connectivity index (χ0v) is 24.6. The largest absolute Gasteiger partial charge is 0.496 e. The van der Waals surface area contributed by atoms with Gasteiger partial charge in [0, 0.05) is 21.1 Å². The molecule has 1 unspecified atom stereocenters. The van der Waals surface area contributed by atoms with Crippen molar-refractivity contribution in [2.24, 2.45) is 4.99 Å². The van der Waals surface area contributed by atoms with Crippen LogP contribution >= 0.6 is 38.9 Å². The van der Waals surface area contributed by atoms with E-state index in [9.17, 15) is 14.9 Å². The van der Waals surface area contributed by atoms with Crippen molar-refractivity contribution >= 4 is 56.3 Å². The highest BCUT2D eigenvalue weighted by Crippen LogP contribution is 2.36. The number of hydrogen-bond acceptors (Lipinski definition) is 6. The van der Waals surface area contributed by atoms with Crippen LogP contribution in [0.5, 0.6) is 5.75 Å². The number of rotatable bonds is 5. The van der Waals surface area contributed by atoms with Crippen LogP contribution in [0, 0.1) is 30.9 Å². The van der Waals surface area contributed by atoms with Gasteiger partial charge < -0.3 is 4.74 Å². The van der Waals surface area contributed by atoms with Crippen LogP contribution in [0.15, 0.2) is 68.9 Å². The van der Waals surface area contributed by atoms with Crippen LogP contribution in [0.25, 0.3) is 11.8 Å². The van der Waals surface area contributed by atoms with Gasteiger partial charge in [0.2, 0.25) is 0 Å². The number of allylic oxidation sites excluding steroid dienone is 1. The Kier molecular flexibility index (Phi) is 7.33. The van der Waals surface area contributed by atoms with Gasteiger partial charge in [0.05, 0.1) is 33.9 Å². The minimum atomic E-state index is -0.456. The summed E-state index contributed by atoms with van der Waals surface area (Å²) in [4.78, 5) is 30.5. The Morgan fingerprint density at radius 2 is 1.87 bits per heavy atom. The van der Waals surface area contributed by atoms with Gasteiger partial charge in [-0.05, 0) is 95.4 Å². The number of ether oxygens (including phenoxy) is 1. The first-order valence-corrected chi connectivity index (χ1v) is 14.0. The lowest BCUT2D eigenvalue weighted by molar-refractivity contribution is -0.385. The Labute approximate surface area is 241 Å². The molecule has 7 nitrogen and oxygen atoms in total. The van der Waals surface area contributed by atoms with Gasteiger partial charge in [0.25, 0.3) is 11.2 Å². The summed E-state index contributed by atoms with van der Waals surface area (Å²) in [5.74, 6) is 0.782. The molecule has 1 aromatic heterocycles. The maximum absolute atomic E-state index is 13.9. The van der Waals surface area contributed by atoms with Crippen LogP contribution in [0.4, 0.5) is 5.69 Å². The molecule has 1 aliphatic rings. The van der Waals surface area contributed by atoms with Crippen molar-refractivity contribution < 1.29 is 9.66 Å². The molecule has 0 spiro atoms. The quantitative estimate of drug-likeness (QED) is 0.194. The maximum atomic E-state index is 13.9. The van der Waals surface area contributed by atoms with Crippen LogP contribution in [0.3, 0.4) is 0 Å². The molecule has 39 heavy (non-hydrogen) atoms. The number of halogens is 2. The third-order valence-corrected chi connectivity index (χ3v) is 8.84. The summed E-state index contributed by atoms with van der Waals surface area (Å²) in [5, 5.41) is 12.3. The van der Waals surface area contributed by atoms with E-state index in [4.69, 9.17) is 21.3 Å². The smallest absolute Gasteiger partial charge is 0.277 e. The molecule has 0 fully saturated rings. The first kappa shape index (κ1) is 27.1. The lowest BCUT2D eigenvalue weighted by Crippen LogP contribution is -2.36. The summed E-state index contributed by atoms with van der Waals surface area (Å²) >= 11 is 10.7. The van der Waals surface area contributed by atoms with E-state index in [0.29, 0.717) is 30.1 Å². The van der Waals surface area contributed by atoms with E-state index in [1.165, 1.54) is 17.4 Å². The summed E-state index contributed by atoms with van der Waals surface area (Å²) < 4.78 is 8.12. The van der Waals surface area contributed by atoms with E-state index in [1.54, 1.807) is 42.0 Å². The topological polar surface area (TPSA) is 86.7 Å². The lowest BCUT2D eigenvalue weighted by Gasteiger charge is -2.25. The number of aryl methyl sites for hydroxylation is 1. The van der Waals surface area contributed by atoms with Gasteiger partial charge in [-0.2, -0.15) is 0 Å². The standard InChI is InChI=1S/C29H23BrClN3O4S/c1-15-12-25(38-4)16(2)17(3)27(15)24-14-22(18-8-10-19(31)11-9-18)32-29-33(24)28(35)26(39-29)13-20-21(30)6-5-7-23(20)34(36)37/h5-14,24H,1-4H3/b26-13-. The van der Waals surface area contributed by atoms with Crippen molar-refractivity contribution in [3.8, 4) is 5.75 Å². The van der Waals surface area contributed by atoms with Gasteiger partial charge in [0.15, 0.2) is 4.80 Å². The molecule has 198 valence electrons. The number of nitrogens with zero attached hydrogens (tertiary/aromatic N) is 3. The van der Waals surface area contributed by atoms with Crippen molar-refractivity contribution in [2.75, 3.05) is 7.11 Å². The number of hydrogen-bond donors (Lipinski definition) is 0. The second-order valence-electron chi connectivity index (χ2n) is 9.17. The van der Waals surface area contributed by atoms with Crippen LogP contribution in [-0.2, 0) is 0 Å². The van der Waals surface area contributed by atoms with Crippen molar-refractivity contribution in [1.29, 1.82) is 0 Å². The van der Waals surface area contributed by atoms with E-state index in [-0.39, 0.29) is 11.2 Å². The van der Waals surface area contributed by atoms with E-state index in [2.05, 4.69) is 15.9 Å². The number of nitro groups is 1. The van der Waals surface area contributed by atoms with Crippen LogP contribution in [0.2, 0.25) is 5.02 Å². The zero-order valence-electron chi connectivity index (χ0n) is 21.5. The minimum Gasteiger partial charge on any atom is -0.496 e. The first-order valence-electron chi connectivity index (χ1n) is 12.0. The molecule has 0 saturated heterocycles. The summed E-state index contributed by atoms with van der Waals surface area (Å²) in [6, 6.07) is 13.7. The minimum absolute atomic E-state index is 0.0916. The average Bonchev–Trinajstić information content (AvgIpc) is 3.22. The lowest BCUT2D eigenvalue weighted by atomic mass is 9.90. The fourth-order valence-corrected chi connectivity index (χ4v) is 6.45. The molecule has 1 atom stereocenters. The van der Waals surface area contributed by atoms with E-state index < -0.39 is 11.0 Å². The fourth-order valence-electron chi connectivity index (χ4n) is 4.86. The Hall–Kier alpha value is -3.53. The van der Waals surface area contributed by atoms with Gasteiger partial charge in [0.1, 0.15) is 5.75 Å². The van der Waals surface area contributed by atoms with Crippen molar-refractivity contribution in [3.63, 3.8) is 0 Å². The number of aromatic nitrogens is 1. The molecular formula is C29H23BrClN3O4S. The van der Waals surface area contributed by atoms with Gasteiger partial charge in [-0.15, -0.1) is 0 Å². The molecule has 3 aromatic carbocycles. The molecule has 0 amide bonds. The predicted molar refractivity (Wildman–Crippen MR) is 158 cm³/mol. The predicted octanol–water partition coefficient (Wildman–Crippen LogP) is 6.26. The number of thiazole rings is 1. The number of benzene rings is 3. The van der Waals surface area contributed by atoms with E-state index >= 15 is 0 Å². The van der Waals surface area contributed by atoms with Crippen molar-refractivity contribution in [1.82, 2.24) is 4.57 Å². The number of methoxy groups -OCH3 is 1. The summed E-state index contributed by atoms with van der Waals surface area (Å²) in [7, 11) is 1.64. The molecule has 0 bridgehead atoms. The molecule has 5 rings (SSSR count). The fraction of sp³-hybridized carbons (Fsp3) is 0.172. The Balaban J connectivity index is 1.82. The SMILES string of the molecule is COc1cc(C)c(C2C=C(c3ccc(Cl)cc3)N=c3s/c(=C\c4c(Br)cccc4[N+](=O)[O-])c(=O)n32)c(C)c1C. The normalized spacial score (nSPS) is 15.0. The highest BCUT2D eigenvalue weighted by Gasteiger charge is 2.27. The Morgan fingerprint density at radius 1 is 1.15 bits per heavy atom. The van der Waals surface area contributed by atoms with Crippen LogP contribution < -0.4 is 19.6 Å². The third-order valence-electron chi connectivity index (χ3n) is 6.91. The van der Waals surface area contributed by atoms with Crippen molar-refractivity contribution in [3.05, 3.63) is 127 Å². The molecule has 0 radical (unpaired) electrons. The third kappa shape index (κ3) is 4.86. The molecule has 4 aromatic rings. The second-order valence-corrected chi connectivity index (χ2v) is 11.5. The van der Waals surface area contributed by atoms with Crippen molar-refractivity contribution in [2.45, 2.75) is 26.8 Å². The maximum Gasteiger partial charge on any atom is 0.277 e. The number of fused-ring (bicyclic) bond motifs is 1. The Bertz CT molecular complexity index is 1860. The molecule has 0 saturated carbocycles. The second kappa shape index (κ2) is 10.6. The van der Waals surface area contributed by atoms with Gasteiger partial charge >= 0.3 is 0 Å². The molecule has 2 heterocycles. The van der Waals surface area contributed by atoms with Gasteiger partial charge in [-0.1, -0.05) is 41.1 Å². The highest BCUT2D eigenvalue weighted by atomic mass is 79.9. The van der Waals surface area contributed by atoms with Crippen LogP contribution in [-0.4, -0.2) is 16.6 Å². The van der Waals surface area contributed by atoms with Gasteiger partial charge in [-0.25, -0.2) is 4.99 Å². The summed E-state index contributed by atoms with van der Waals surface area (Å²) in [6.07, 6.45) is 3.55. The summed E-state index contributed by atoms with van der Waals surface area (Å²) in [6.45, 7) is 6.02. The zero-order chi connectivity index (χ0) is 28.0. The summed E-state index contributed by atoms with van der Waals surface area (Å²) in [5.41, 5.74) is 5.50. The molecule has 0 aliphatic carbocycles. The number of nitro benzene ring substituents is 1. The molecule has 0 N–H and O–H groups in total. The Morgan fingerprint density at radius 3 is 2.54 bits per heavy atom. The monoisotopic (exact) mass is 623 g/mol. The first-order chi connectivity index (χ1) is 18.6. The highest BCUT2D eigenvalue weighted by molar-refractivity contribution is 9.10. The average molecular weight is 625 g/mol. The molecule has 10 heteroatoms. The molecule has 1 aliphatic heterocycles. The van der Waals surface area contributed by atoms with E-state index in [1.807, 2.05) is 45.0 Å². The van der Waals surface area contributed by atoms with Gasteiger partial charge in [-0.3, -0.25) is 19.5 Å². The van der Waals surface area contributed by atoms with Crippen LogP contribution in [0.1, 0.15) is 39.4 Å².